The van der Waals surface area contributed by atoms with Crippen LogP contribution in [0.15, 0.2) is 66.7 Å². The largest absolute Gasteiger partial charge is 0.484 e. The van der Waals surface area contributed by atoms with Crippen LogP contribution in [0.1, 0.15) is 11.1 Å². The number of carbonyl (C=O) groups excluding carboxylic acids is 1. The fourth-order valence-electron chi connectivity index (χ4n) is 3.57. The van der Waals surface area contributed by atoms with Gasteiger partial charge in [0.1, 0.15) is 5.75 Å². The number of ether oxygens (including phenoxy) is 2. The van der Waals surface area contributed by atoms with Gasteiger partial charge in [0.25, 0.3) is 5.91 Å². The van der Waals surface area contributed by atoms with Crippen molar-refractivity contribution in [1.82, 2.24) is 0 Å². The average molecular weight is 466 g/mol. The molecule has 1 heterocycles. The Hall–Kier alpha value is -3.22. The minimum absolute atomic E-state index is 0.0422. The number of nitrogens with zero attached hydrogens (tertiary/aromatic N) is 1. The van der Waals surface area contributed by atoms with Crippen LogP contribution >= 0.6 is 11.6 Å². The summed E-state index contributed by atoms with van der Waals surface area (Å²) in [6, 6.07) is 21.4. The molecule has 3 aromatic carbocycles. The number of hydrogen-bond donors (Lipinski definition) is 2. The van der Waals surface area contributed by atoms with E-state index in [4.69, 9.17) is 21.1 Å². The molecular formula is C26H28ClN3O3. The maximum absolute atomic E-state index is 12.1. The lowest BCUT2D eigenvalue weighted by atomic mass is 10.2. The molecule has 0 unspecified atom stereocenters. The summed E-state index contributed by atoms with van der Waals surface area (Å²) in [6.45, 7) is 5.79. The lowest BCUT2D eigenvalue weighted by Gasteiger charge is -2.29. The smallest absolute Gasteiger partial charge is 0.262 e. The lowest BCUT2D eigenvalue weighted by Crippen LogP contribution is -2.36. The van der Waals surface area contributed by atoms with Crippen LogP contribution in [0, 0.1) is 6.92 Å². The Morgan fingerprint density at radius 2 is 1.70 bits per heavy atom. The topological polar surface area (TPSA) is 62.8 Å². The number of aryl methyl sites for hydroxylation is 1. The van der Waals surface area contributed by atoms with Gasteiger partial charge in [-0.3, -0.25) is 4.79 Å². The second kappa shape index (κ2) is 11.1. The van der Waals surface area contributed by atoms with Crippen LogP contribution in [0.4, 0.5) is 17.1 Å². The second-order valence-electron chi connectivity index (χ2n) is 7.97. The van der Waals surface area contributed by atoms with Crippen molar-refractivity contribution >= 4 is 34.6 Å². The van der Waals surface area contributed by atoms with E-state index >= 15 is 0 Å². The summed E-state index contributed by atoms with van der Waals surface area (Å²) in [6.07, 6.45) is 0. The van der Waals surface area contributed by atoms with Gasteiger partial charge in [-0.2, -0.15) is 0 Å². The number of carbonyl (C=O) groups is 1. The highest BCUT2D eigenvalue weighted by Crippen LogP contribution is 2.29. The fourth-order valence-corrected chi connectivity index (χ4v) is 3.87. The van der Waals surface area contributed by atoms with Gasteiger partial charge in [0.2, 0.25) is 0 Å². The zero-order valence-corrected chi connectivity index (χ0v) is 19.4. The van der Waals surface area contributed by atoms with E-state index in [0.29, 0.717) is 12.3 Å². The Kier molecular flexibility index (Phi) is 7.70. The monoisotopic (exact) mass is 465 g/mol. The van der Waals surface area contributed by atoms with Crippen LogP contribution in [0.5, 0.6) is 5.75 Å². The number of hydrogen-bond acceptors (Lipinski definition) is 5. The van der Waals surface area contributed by atoms with E-state index in [1.807, 2.05) is 67.6 Å². The highest BCUT2D eigenvalue weighted by molar-refractivity contribution is 6.33. The van der Waals surface area contributed by atoms with Gasteiger partial charge in [-0.25, -0.2) is 0 Å². The first-order valence-electron chi connectivity index (χ1n) is 11.0. The molecule has 1 amide bonds. The van der Waals surface area contributed by atoms with Gasteiger partial charge in [-0.15, -0.1) is 0 Å². The van der Waals surface area contributed by atoms with Crippen molar-refractivity contribution < 1.29 is 14.3 Å². The SMILES string of the molecule is Cc1ccc(NC(=O)COc2ccc(CNc3ccc(N4CCOCC4)c(Cl)c3)cc2)cc1. The van der Waals surface area contributed by atoms with Gasteiger partial charge in [0, 0.05) is 31.0 Å². The molecule has 2 N–H and O–H groups in total. The first-order valence-corrected chi connectivity index (χ1v) is 11.4. The standard InChI is InChI=1S/C26H28ClN3O3/c1-19-2-6-21(7-3-19)29-26(31)18-33-23-9-4-20(5-10-23)17-28-22-8-11-25(24(27)16-22)30-12-14-32-15-13-30/h2-11,16,28H,12-15,17-18H2,1H3,(H,29,31). The van der Waals surface area contributed by atoms with Crippen LogP contribution < -0.4 is 20.3 Å². The third kappa shape index (κ3) is 6.63. The molecule has 6 nitrogen and oxygen atoms in total. The molecule has 0 spiro atoms. The van der Waals surface area contributed by atoms with Crippen molar-refractivity contribution in [3.05, 3.63) is 82.9 Å². The molecule has 0 radical (unpaired) electrons. The van der Waals surface area contributed by atoms with Crippen molar-refractivity contribution in [3.8, 4) is 5.75 Å². The van der Waals surface area contributed by atoms with Crippen molar-refractivity contribution in [1.29, 1.82) is 0 Å². The zero-order valence-electron chi connectivity index (χ0n) is 18.6. The number of nitrogens with one attached hydrogen (secondary N) is 2. The number of amides is 1. The van der Waals surface area contributed by atoms with Gasteiger partial charge in [-0.1, -0.05) is 41.4 Å². The Morgan fingerprint density at radius 1 is 1.00 bits per heavy atom. The highest BCUT2D eigenvalue weighted by Gasteiger charge is 2.14. The molecule has 1 aliphatic rings. The summed E-state index contributed by atoms with van der Waals surface area (Å²) < 4.78 is 11.0. The molecule has 33 heavy (non-hydrogen) atoms. The molecule has 0 saturated carbocycles. The molecule has 1 fully saturated rings. The zero-order chi connectivity index (χ0) is 23.0. The van der Waals surface area contributed by atoms with Gasteiger partial charge in [-0.05, 0) is 55.0 Å². The molecule has 1 aliphatic heterocycles. The van der Waals surface area contributed by atoms with Gasteiger partial charge >= 0.3 is 0 Å². The van der Waals surface area contributed by atoms with Gasteiger partial charge in [0.15, 0.2) is 6.61 Å². The molecule has 0 aromatic heterocycles. The van der Waals surface area contributed by atoms with Crippen LogP contribution in [-0.4, -0.2) is 38.8 Å². The summed E-state index contributed by atoms with van der Waals surface area (Å²) in [5.74, 6) is 0.456. The molecule has 1 saturated heterocycles. The number of halogens is 1. The minimum atomic E-state index is -0.193. The maximum atomic E-state index is 12.1. The van der Waals surface area contributed by atoms with Gasteiger partial charge in [0.05, 0.1) is 23.9 Å². The first kappa shape index (κ1) is 23.0. The van der Waals surface area contributed by atoms with Crippen LogP contribution in [0.2, 0.25) is 5.02 Å². The minimum Gasteiger partial charge on any atom is -0.484 e. The Balaban J connectivity index is 1.24. The molecule has 3 aromatic rings. The van der Waals surface area contributed by atoms with E-state index in [1.54, 1.807) is 0 Å². The predicted molar refractivity (Wildman–Crippen MR) is 134 cm³/mol. The molecule has 172 valence electrons. The number of rotatable bonds is 8. The van der Waals surface area contributed by atoms with Crippen LogP contribution in [-0.2, 0) is 16.1 Å². The van der Waals surface area contributed by atoms with Crippen LogP contribution in [0.3, 0.4) is 0 Å². The first-order chi connectivity index (χ1) is 16.1. The fraction of sp³-hybridized carbons (Fsp3) is 0.269. The lowest BCUT2D eigenvalue weighted by molar-refractivity contribution is -0.118. The van der Waals surface area contributed by atoms with Crippen molar-refractivity contribution in [2.45, 2.75) is 13.5 Å². The molecule has 7 heteroatoms. The Bertz CT molecular complexity index is 1070. The van der Waals surface area contributed by atoms with Crippen molar-refractivity contribution in [2.24, 2.45) is 0 Å². The maximum Gasteiger partial charge on any atom is 0.262 e. The Morgan fingerprint density at radius 3 is 2.39 bits per heavy atom. The summed E-state index contributed by atoms with van der Waals surface area (Å²) in [5.41, 5.74) is 5.00. The summed E-state index contributed by atoms with van der Waals surface area (Å²) in [4.78, 5) is 14.3. The normalized spacial score (nSPS) is 13.5. The number of anilines is 3. The molecule has 4 rings (SSSR count). The molecule has 0 bridgehead atoms. The van der Waals surface area contributed by atoms with E-state index in [-0.39, 0.29) is 12.5 Å². The predicted octanol–water partition coefficient (Wildman–Crippen LogP) is 5.11. The number of morpholine rings is 1. The van der Waals surface area contributed by atoms with Crippen molar-refractivity contribution in [2.75, 3.05) is 48.4 Å². The quantitative estimate of drug-likeness (QED) is 0.483. The third-order valence-electron chi connectivity index (χ3n) is 5.42. The van der Waals surface area contributed by atoms with Crippen LogP contribution in [0.25, 0.3) is 0 Å². The molecule has 0 aliphatic carbocycles. The molecule has 0 atom stereocenters. The van der Waals surface area contributed by atoms with E-state index < -0.39 is 0 Å². The van der Waals surface area contributed by atoms with E-state index in [0.717, 1.165) is 59.5 Å². The highest BCUT2D eigenvalue weighted by atomic mass is 35.5. The third-order valence-corrected chi connectivity index (χ3v) is 5.73. The number of benzene rings is 3. The molecular weight excluding hydrogens is 438 g/mol. The van der Waals surface area contributed by atoms with E-state index in [2.05, 4.69) is 21.6 Å². The Labute approximate surface area is 199 Å². The summed E-state index contributed by atoms with van der Waals surface area (Å²) in [5, 5.41) is 6.96. The summed E-state index contributed by atoms with van der Waals surface area (Å²) in [7, 11) is 0. The second-order valence-corrected chi connectivity index (χ2v) is 8.37. The summed E-state index contributed by atoms with van der Waals surface area (Å²) >= 11 is 6.51. The van der Waals surface area contributed by atoms with E-state index in [9.17, 15) is 4.79 Å². The average Bonchev–Trinajstić information content (AvgIpc) is 2.84. The van der Waals surface area contributed by atoms with Crippen molar-refractivity contribution in [3.63, 3.8) is 0 Å². The van der Waals surface area contributed by atoms with Gasteiger partial charge < -0.3 is 25.0 Å². The van der Waals surface area contributed by atoms with E-state index in [1.165, 1.54) is 0 Å².